The van der Waals surface area contributed by atoms with Gasteiger partial charge in [0.2, 0.25) is 0 Å². The number of ether oxygens (including phenoxy) is 1. The molecule has 5 nitrogen and oxygen atoms in total. The molecule has 0 amide bonds. The lowest BCUT2D eigenvalue weighted by atomic mass is 10.1. The van der Waals surface area contributed by atoms with Crippen LogP contribution in [0.25, 0.3) is 0 Å². The maximum Gasteiger partial charge on any atom is 0.191 e. The summed E-state index contributed by atoms with van der Waals surface area (Å²) in [5, 5.41) is 7.85. The standard InChI is InChI=1S/C19H28N4OS.HI/c1-5-20-19(21-10-9-18-23-14(2)15(3)25-18)22-12-16-7-6-8-17(11-16)13-24-4;/h6-8,11H,5,9-10,12-13H2,1-4H3,(H2,20,21,22);1H. The van der Waals surface area contributed by atoms with E-state index in [1.165, 1.54) is 21.0 Å². The Morgan fingerprint density at radius 2 is 2.00 bits per heavy atom. The summed E-state index contributed by atoms with van der Waals surface area (Å²) in [7, 11) is 1.71. The Hall–Kier alpha value is -1.19. The normalized spacial score (nSPS) is 11.2. The van der Waals surface area contributed by atoms with Gasteiger partial charge < -0.3 is 15.4 Å². The number of halogens is 1. The molecule has 0 saturated carbocycles. The molecule has 2 rings (SSSR count). The van der Waals surface area contributed by atoms with Crippen LogP contribution in [0.2, 0.25) is 0 Å². The van der Waals surface area contributed by atoms with Crippen molar-refractivity contribution in [2.45, 2.75) is 40.3 Å². The van der Waals surface area contributed by atoms with E-state index in [2.05, 4.69) is 59.6 Å². The van der Waals surface area contributed by atoms with Gasteiger partial charge in [-0.05, 0) is 31.9 Å². The van der Waals surface area contributed by atoms with E-state index in [0.717, 1.165) is 31.2 Å². The van der Waals surface area contributed by atoms with Gasteiger partial charge in [-0.15, -0.1) is 35.3 Å². The second-order valence-corrected chi connectivity index (χ2v) is 7.16. The first kappa shape index (κ1) is 22.9. The van der Waals surface area contributed by atoms with E-state index in [4.69, 9.17) is 4.74 Å². The highest BCUT2D eigenvalue weighted by atomic mass is 127. The maximum atomic E-state index is 5.19. The summed E-state index contributed by atoms with van der Waals surface area (Å²) in [6, 6.07) is 8.34. The Morgan fingerprint density at radius 3 is 2.65 bits per heavy atom. The topological polar surface area (TPSA) is 58.5 Å². The highest BCUT2D eigenvalue weighted by Gasteiger charge is 2.04. The molecule has 0 spiro atoms. The third kappa shape index (κ3) is 7.59. The third-order valence-electron chi connectivity index (χ3n) is 3.77. The second kappa shape index (κ2) is 12.2. The van der Waals surface area contributed by atoms with E-state index in [1.54, 1.807) is 18.4 Å². The summed E-state index contributed by atoms with van der Waals surface area (Å²) in [6.45, 7) is 9.18. The van der Waals surface area contributed by atoms with Crippen molar-refractivity contribution in [1.82, 2.24) is 15.6 Å². The van der Waals surface area contributed by atoms with Crippen LogP contribution in [-0.4, -0.2) is 31.1 Å². The molecule has 144 valence electrons. The number of aryl methyl sites for hydroxylation is 2. The molecule has 0 aliphatic rings. The first-order chi connectivity index (χ1) is 12.1. The van der Waals surface area contributed by atoms with Crippen LogP contribution in [0.3, 0.4) is 0 Å². The van der Waals surface area contributed by atoms with Crippen molar-refractivity contribution in [3.8, 4) is 0 Å². The monoisotopic (exact) mass is 488 g/mol. The fraction of sp³-hybridized carbons (Fsp3) is 0.474. The van der Waals surface area contributed by atoms with E-state index >= 15 is 0 Å². The minimum absolute atomic E-state index is 0. The molecule has 0 bridgehead atoms. The molecule has 0 aliphatic heterocycles. The number of hydrogen-bond acceptors (Lipinski definition) is 4. The summed E-state index contributed by atoms with van der Waals surface area (Å²) < 4.78 is 5.19. The quantitative estimate of drug-likeness (QED) is 0.337. The van der Waals surface area contributed by atoms with E-state index < -0.39 is 0 Å². The lowest BCUT2D eigenvalue weighted by molar-refractivity contribution is 0.185. The van der Waals surface area contributed by atoms with Crippen molar-refractivity contribution in [3.05, 3.63) is 51.0 Å². The summed E-state index contributed by atoms with van der Waals surface area (Å²) in [6.07, 6.45) is 0.910. The summed E-state index contributed by atoms with van der Waals surface area (Å²) in [5.41, 5.74) is 3.48. The van der Waals surface area contributed by atoms with Crippen molar-refractivity contribution in [2.75, 3.05) is 20.2 Å². The van der Waals surface area contributed by atoms with Gasteiger partial charge in [0.05, 0.1) is 23.9 Å². The zero-order valence-electron chi connectivity index (χ0n) is 16.0. The Bertz CT molecular complexity index is 683. The number of nitrogens with zero attached hydrogens (tertiary/aromatic N) is 2. The van der Waals surface area contributed by atoms with Gasteiger partial charge in [-0.2, -0.15) is 0 Å². The van der Waals surface area contributed by atoms with Gasteiger partial charge in [-0.1, -0.05) is 24.3 Å². The predicted octanol–water partition coefficient (Wildman–Crippen LogP) is 3.82. The van der Waals surface area contributed by atoms with Crippen LogP contribution >= 0.6 is 35.3 Å². The molecule has 1 aromatic carbocycles. The van der Waals surface area contributed by atoms with Crippen molar-refractivity contribution < 1.29 is 4.74 Å². The van der Waals surface area contributed by atoms with Gasteiger partial charge in [0.1, 0.15) is 0 Å². The highest BCUT2D eigenvalue weighted by Crippen LogP contribution is 2.16. The smallest absolute Gasteiger partial charge is 0.191 e. The van der Waals surface area contributed by atoms with Gasteiger partial charge in [-0.25, -0.2) is 9.98 Å². The molecule has 0 saturated heterocycles. The number of aliphatic imine (C=N–C) groups is 1. The molecule has 2 aromatic rings. The predicted molar refractivity (Wildman–Crippen MR) is 121 cm³/mol. The molecule has 0 unspecified atom stereocenters. The maximum absolute atomic E-state index is 5.19. The fourth-order valence-electron chi connectivity index (χ4n) is 2.43. The average Bonchev–Trinajstić information content (AvgIpc) is 2.91. The third-order valence-corrected chi connectivity index (χ3v) is 4.90. The Labute approximate surface area is 177 Å². The molecular weight excluding hydrogens is 459 g/mol. The highest BCUT2D eigenvalue weighted by molar-refractivity contribution is 14.0. The van der Waals surface area contributed by atoms with Crippen LogP contribution in [0.15, 0.2) is 29.3 Å². The van der Waals surface area contributed by atoms with Crippen molar-refractivity contribution in [3.63, 3.8) is 0 Å². The van der Waals surface area contributed by atoms with E-state index in [0.29, 0.717) is 13.2 Å². The van der Waals surface area contributed by atoms with Crippen LogP contribution in [0, 0.1) is 13.8 Å². The summed E-state index contributed by atoms with van der Waals surface area (Å²) in [5.74, 6) is 0.838. The Kier molecular flexibility index (Phi) is 10.8. The number of rotatable bonds is 8. The fourth-order valence-corrected chi connectivity index (χ4v) is 3.36. The first-order valence-corrected chi connectivity index (χ1v) is 9.45. The Morgan fingerprint density at radius 1 is 1.23 bits per heavy atom. The van der Waals surface area contributed by atoms with Crippen molar-refractivity contribution in [1.29, 1.82) is 0 Å². The summed E-state index contributed by atoms with van der Waals surface area (Å²) >= 11 is 1.77. The average molecular weight is 488 g/mol. The van der Waals surface area contributed by atoms with E-state index in [-0.39, 0.29) is 24.0 Å². The Balaban J connectivity index is 0.00000338. The number of thiazole rings is 1. The molecule has 0 aliphatic carbocycles. The molecule has 2 N–H and O–H groups in total. The number of aromatic nitrogens is 1. The van der Waals surface area contributed by atoms with Crippen molar-refractivity contribution in [2.24, 2.45) is 4.99 Å². The number of guanidine groups is 1. The minimum atomic E-state index is 0. The second-order valence-electron chi connectivity index (χ2n) is 5.87. The van der Waals surface area contributed by atoms with E-state index in [9.17, 15) is 0 Å². The van der Waals surface area contributed by atoms with Gasteiger partial charge in [0.15, 0.2) is 5.96 Å². The number of benzene rings is 1. The molecule has 0 atom stereocenters. The van der Waals surface area contributed by atoms with Crippen molar-refractivity contribution >= 4 is 41.3 Å². The SMILES string of the molecule is CCNC(=NCc1cccc(COC)c1)NCCc1nc(C)c(C)s1.I. The molecule has 0 fully saturated rings. The summed E-state index contributed by atoms with van der Waals surface area (Å²) in [4.78, 5) is 10.6. The number of methoxy groups -OCH3 is 1. The molecule has 1 heterocycles. The van der Waals surface area contributed by atoms with Crippen LogP contribution in [0.4, 0.5) is 0 Å². The van der Waals surface area contributed by atoms with Crippen LogP contribution in [-0.2, 0) is 24.3 Å². The van der Waals surface area contributed by atoms with Gasteiger partial charge in [0, 0.05) is 31.5 Å². The van der Waals surface area contributed by atoms with Crippen LogP contribution < -0.4 is 10.6 Å². The number of hydrogen-bond donors (Lipinski definition) is 2. The van der Waals surface area contributed by atoms with Crippen LogP contribution in [0.5, 0.6) is 0 Å². The lowest BCUT2D eigenvalue weighted by Gasteiger charge is -2.11. The number of nitrogens with one attached hydrogen (secondary N) is 2. The molecule has 1 aromatic heterocycles. The largest absolute Gasteiger partial charge is 0.380 e. The zero-order chi connectivity index (χ0) is 18.1. The van der Waals surface area contributed by atoms with Gasteiger partial charge >= 0.3 is 0 Å². The first-order valence-electron chi connectivity index (χ1n) is 8.64. The zero-order valence-corrected chi connectivity index (χ0v) is 19.1. The lowest BCUT2D eigenvalue weighted by Crippen LogP contribution is -2.38. The van der Waals surface area contributed by atoms with E-state index in [1.807, 2.05) is 6.07 Å². The molecule has 0 radical (unpaired) electrons. The molecule has 7 heteroatoms. The molecule has 26 heavy (non-hydrogen) atoms. The van der Waals surface area contributed by atoms with Crippen LogP contribution in [0.1, 0.15) is 33.6 Å². The molecular formula is C19H29IN4OS. The minimum Gasteiger partial charge on any atom is -0.380 e. The van der Waals surface area contributed by atoms with Gasteiger partial charge in [-0.3, -0.25) is 0 Å². The van der Waals surface area contributed by atoms with Gasteiger partial charge in [0.25, 0.3) is 0 Å².